The molecule has 4 aromatic rings. The predicted molar refractivity (Wildman–Crippen MR) is 161 cm³/mol. The third-order valence-electron chi connectivity index (χ3n) is 9.84. The van der Waals surface area contributed by atoms with Gasteiger partial charge in [0.1, 0.15) is 30.0 Å². The van der Waals surface area contributed by atoms with Crippen molar-refractivity contribution >= 4 is 17.1 Å². The van der Waals surface area contributed by atoms with E-state index in [1.165, 1.54) is 12.0 Å². The number of pyridine rings is 3. The number of anilines is 1. The highest BCUT2D eigenvalue weighted by Gasteiger charge is 2.44. The Bertz CT molecular complexity index is 1670. The lowest BCUT2D eigenvalue weighted by molar-refractivity contribution is -0.123. The quantitative estimate of drug-likeness (QED) is 0.312. The van der Waals surface area contributed by atoms with Gasteiger partial charge < -0.3 is 9.64 Å². The Kier molecular flexibility index (Phi) is 6.57. The van der Waals surface area contributed by atoms with Crippen LogP contribution in [-0.4, -0.2) is 85.6 Å². The minimum absolute atomic E-state index is 0.358. The van der Waals surface area contributed by atoms with Crippen LogP contribution in [0.4, 0.5) is 5.82 Å². The summed E-state index contributed by atoms with van der Waals surface area (Å²) in [6, 6.07) is 14.4. The van der Waals surface area contributed by atoms with E-state index in [0.717, 1.165) is 61.5 Å². The smallest absolute Gasteiger partial charge is 0.138 e. The predicted octanol–water partition coefficient (Wildman–Crippen LogP) is 3.70. The van der Waals surface area contributed by atoms with Gasteiger partial charge in [-0.05, 0) is 49.1 Å². The van der Waals surface area contributed by atoms with E-state index in [1.807, 2.05) is 36.9 Å². The van der Waals surface area contributed by atoms with E-state index < -0.39 is 0 Å². The van der Waals surface area contributed by atoms with Crippen molar-refractivity contribution in [2.75, 3.05) is 31.1 Å². The molecule has 0 aromatic carbocycles. The van der Waals surface area contributed by atoms with Gasteiger partial charge in [-0.1, -0.05) is 6.07 Å². The summed E-state index contributed by atoms with van der Waals surface area (Å²) in [6.45, 7) is 4.20. The molecular formula is C33H34N8O2. The van der Waals surface area contributed by atoms with Gasteiger partial charge in [0.2, 0.25) is 0 Å². The summed E-state index contributed by atoms with van der Waals surface area (Å²) in [5, 5.41) is 14.2. The average Bonchev–Trinajstić information content (AvgIpc) is 3.57. The van der Waals surface area contributed by atoms with Crippen molar-refractivity contribution in [2.45, 2.75) is 62.8 Å². The first-order chi connectivity index (χ1) is 21.1. The van der Waals surface area contributed by atoms with E-state index in [4.69, 9.17) is 9.72 Å². The molecule has 0 spiro atoms. The number of nitrogens with zero attached hydrogens (tertiary/aromatic N) is 8. The fourth-order valence-corrected chi connectivity index (χ4v) is 7.74. The minimum Gasteiger partial charge on any atom is -0.491 e. The SMILES string of the molecule is N#Cc1cnn2cc(OCCN3[C@@H]4CC[C@H]3CC(=O)C4)cc(-c3ccc(N4CC5CC(C4)N5Cc4cccnc4)nc3)c12. The summed E-state index contributed by atoms with van der Waals surface area (Å²) in [7, 11) is 0. The number of carbonyl (C=O) groups excluding carboxylic acids is 1. The van der Waals surface area contributed by atoms with Gasteiger partial charge in [-0.15, -0.1) is 0 Å². The van der Waals surface area contributed by atoms with Gasteiger partial charge >= 0.3 is 0 Å². The molecule has 5 aliphatic rings. The van der Waals surface area contributed by atoms with Crippen molar-refractivity contribution < 1.29 is 9.53 Å². The Morgan fingerprint density at radius 1 is 1.00 bits per heavy atom. The summed E-state index contributed by atoms with van der Waals surface area (Å²) >= 11 is 0. The van der Waals surface area contributed by atoms with Crippen molar-refractivity contribution in [3.8, 4) is 22.9 Å². The Morgan fingerprint density at radius 2 is 1.84 bits per heavy atom. The van der Waals surface area contributed by atoms with E-state index in [-0.39, 0.29) is 0 Å². The van der Waals surface area contributed by atoms with Gasteiger partial charge in [0, 0.05) is 92.9 Å². The topological polar surface area (TPSA) is 103 Å². The zero-order valence-electron chi connectivity index (χ0n) is 24.0. The molecule has 4 atom stereocenters. The summed E-state index contributed by atoms with van der Waals surface area (Å²) < 4.78 is 7.99. The van der Waals surface area contributed by atoms with Crippen LogP contribution in [0, 0.1) is 11.3 Å². The molecule has 0 N–H and O–H groups in total. The molecule has 0 saturated carbocycles. The number of piperidine rings is 2. The molecule has 4 aromatic heterocycles. The number of Topliss-reactive ketones (excluding diaryl/α,β-unsaturated/α-hetero) is 1. The standard InChI is InChI=1S/C33H34N8O2/c34-14-24-17-37-41-21-30(43-9-8-39-25-4-5-26(39)12-29(42)11-25)13-31(33(24)41)23-3-6-32(36-16-23)38-19-27-10-28(20-38)40(27)18-22-2-1-7-35-15-22/h1-3,6-7,13,15-17,21,25-28H,4-5,8-12,18-20H2/t25-,26+,27?,28?. The number of nitriles is 1. The zero-order chi connectivity index (χ0) is 28.9. The van der Waals surface area contributed by atoms with Crippen LogP contribution in [0.3, 0.4) is 0 Å². The molecule has 9 rings (SSSR count). The van der Waals surface area contributed by atoms with E-state index >= 15 is 0 Å². The van der Waals surface area contributed by atoms with Crippen molar-refractivity contribution in [3.63, 3.8) is 0 Å². The highest BCUT2D eigenvalue weighted by atomic mass is 16.5. The van der Waals surface area contributed by atoms with Crippen LogP contribution in [0.5, 0.6) is 5.75 Å². The first kappa shape index (κ1) is 26.3. The van der Waals surface area contributed by atoms with Crippen molar-refractivity contribution in [2.24, 2.45) is 0 Å². The first-order valence-electron chi connectivity index (χ1n) is 15.3. The van der Waals surface area contributed by atoms with E-state index in [0.29, 0.717) is 60.7 Å². The second-order valence-corrected chi connectivity index (χ2v) is 12.4. The van der Waals surface area contributed by atoms with Crippen LogP contribution in [0.25, 0.3) is 16.6 Å². The number of fused-ring (bicyclic) bond motifs is 5. The van der Waals surface area contributed by atoms with Gasteiger partial charge in [0.05, 0.1) is 23.5 Å². The average molecular weight is 575 g/mol. The van der Waals surface area contributed by atoms with Crippen LogP contribution < -0.4 is 9.64 Å². The molecule has 10 nitrogen and oxygen atoms in total. The maximum Gasteiger partial charge on any atom is 0.138 e. The number of piperazine rings is 1. The number of carbonyl (C=O) groups is 1. The summed E-state index contributed by atoms with van der Waals surface area (Å²) in [5.74, 6) is 2.07. The minimum atomic E-state index is 0.358. The van der Waals surface area contributed by atoms with E-state index in [9.17, 15) is 10.1 Å². The lowest BCUT2D eigenvalue weighted by Crippen LogP contribution is -2.68. The van der Waals surface area contributed by atoms with Crippen LogP contribution in [-0.2, 0) is 11.3 Å². The number of ketones is 1. The normalized spacial score (nSPS) is 25.1. The molecular weight excluding hydrogens is 540 g/mol. The van der Waals surface area contributed by atoms with Gasteiger partial charge in [0.15, 0.2) is 0 Å². The second-order valence-electron chi connectivity index (χ2n) is 12.4. The lowest BCUT2D eigenvalue weighted by Gasteiger charge is -2.56. The maximum absolute atomic E-state index is 12.0. The van der Waals surface area contributed by atoms with E-state index in [2.05, 4.69) is 49.1 Å². The first-order valence-corrected chi connectivity index (χ1v) is 15.3. The Balaban J connectivity index is 0.978. The van der Waals surface area contributed by atoms with Gasteiger partial charge in [-0.25, -0.2) is 9.50 Å². The van der Waals surface area contributed by atoms with Gasteiger partial charge in [-0.2, -0.15) is 10.4 Å². The largest absolute Gasteiger partial charge is 0.491 e. The zero-order valence-corrected chi connectivity index (χ0v) is 24.0. The maximum atomic E-state index is 12.0. The Hall–Kier alpha value is -4.33. The number of hydrogen-bond donors (Lipinski definition) is 0. The van der Waals surface area contributed by atoms with Crippen LogP contribution in [0.2, 0.25) is 0 Å². The van der Waals surface area contributed by atoms with E-state index in [1.54, 1.807) is 10.7 Å². The van der Waals surface area contributed by atoms with Crippen molar-refractivity contribution in [3.05, 3.63) is 72.4 Å². The molecule has 0 amide bonds. The molecule has 9 heterocycles. The summed E-state index contributed by atoms with van der Waals surface area (Å²) in [5.41, 5.74) is 4.33. The Morgan fingerprint density at radius 3 is 2.56 bits per heavy atom. The highest BCUT2D eigenvalue weighted by molar-refractivity contribution is 5.85. The fourth-order valence-electron chi connectivity index (χ4n) is 7.74. The molecule has 43 heavy (non-hydrogen) atoms. The third-order valence-corrected chi connectivity index (χ3v) is 9.84. The number of aromatic nitrogens is 4. The third kappa shape index (κ3) is 4.82. The molecule has 2 unspecified atom stereocenters. The fraction of sp³-hybridized carbons (Fsp3) is 0.424. The molecule has 5 aliphatic heterocycles. The molecule has 5 saturated heterocycles. The lowest BCUT2D eigenvalue weighted by atomic mass is 9.87. The van der Waals surface area contributed by atoms with Gasteiger partial charge in [0.25, 0.3) is 0 Å². The number of hydrogen-bond acceptors (Lipinski definition) is 9. The van der Waals surface area contributed by atoms with Gasteiger partial charge in [-0.3, -0.25) is 19.6 Å². The molecule has 0 aliphatic carbocycles. The van der Waals surface area contributed by atoms with Crippen LogP contribution >= 0.6 is 0 Å². The molecule has 218 valence electrons. The number of rotatable bonds is 8. The molecule has 0 radical (unpaired) electrons. The number of ether oxygens (including phenoxy) is 1. The van der Waals surface area contributed by atoms with Crippen LogP contribution in [0.1, 0.15) is 43.2 Å². The molecule has 4 bridgehead atoms. The van der Waals surface area contributed by atoms with Crippen LogP contribution in [0.15, 0.2) is 61.3 Å². The highest BCUT2D eigenvalue weighted by Crippen LogP contribution is 2.37. The molecule has 5 fully saturated rings. The molecule has 10 heteroatoms. The van der Waals surface area contributed by atoms with Crippen molar-refractivity contribution in [1.82, 2.24) is 29.4 Å². The second kappa shape index (κ2) is 10.7. The summed E-state index contributed by atoms with van der Waals surface area (Å²) in [6.07, 6.45) is 13.9. The summed E-state index contributed by atoms with van der Waals surface area (Å²) in [4.78, 5) is 28.6. The monoisotopic (exact) mass is 574 g/mol. The van der Waals surface area contributed by atoms with Crippen molar-refractivity contribution in [1.29, 1.82) is 5.26 Å². The Labute approximate surface area is 250 Å².